The minimum absolute atomic E-state index is 0.156. The molecule has 0 spiro atoms. The number of anilines is 1. The molecule has 1 N–H and O–H groups in total. The first kappa shape index (κ1) is 25.0. The molecule has 3 rings (SSSR count). The molecule has 0 aromatic heterocycles. The molecule has 5 heteroatoms. The third-order valence-corrected chi connectivity index (χ3v) is 8.22. The zero-order valence-corrected chi connectivity index (χ0v) is 21.2. The fourth-order valence-corrected chi connectivity index (χ4v) is 6.55. The number of para-hydroxylation sites is 2. The summed E-state index contributed by atoms with van der Waals surface area (Å²) in [6, 6.07) is 8.96. The van der Waals surface area contributed by atoms with Gasteiger partial charge in [-0.05, 0) is 82.6 Å². The van der Waals surface area contributed by atoms with Gasteiger partial charge in [0.05, 0.1) is 4.92 Å². The standard InChI is InChI=1S/C27H45N3O2/c1-7-18-27(6,28-24-10-8-9-11-25(24)30(31)32)19-23-15-12-20(2)29(23)22-16-13-21(14-17-22)26(3,4)5/h8-11,20-23,28H,7,12-19H2,1-6H3/t20-,21-,22+,23-,27+/m0/s1. The molecule has 180 valence electrons. The van der Waals surface area contributed by atoms with Crippen LogP contribution in [0, 0.1) is 21.4 Å². The highest BCUT2D eigenvalue weighted by Gasteiger charge is 2.42. The van der Waals surface area contributed by atoms with Gasteiger partial charge in [-0.2, -0.15) is 0 Å². The van der Waals surface area contributed by atoms with E-state index in [1.165, 1.54) is 38.5 Å². The Bertz CT molecular complexity index is 766. The fraction of sp³-hybridized carbons (Fsp3) is 0.778. The Morgan fingerprint density at radius 3 is 2.31 bits per heavy atom. The maximum absolute atomic E-state index is 11.6. The first-order chi connectivity index (χ1) is 15.0. The molecule has 0 unspecified atom stereocenters. The van der Waals surface area contributed by atoms with Crippen molar-refractivity contribution in [3.8, 4) is 0 Å². The van der Waals surface area contributed by atoms with Gasteiger partial charge in [-0.25, -0.2) is 0 Å². The van der Waals surface area contributed by atoms with Gasteiger partial charge in [0.15, 0.2) is 0 Å². The van der Waals surface area contributed by atoms with E-state index < -0.39 is 0 Å². The van der Waals surface area contributed by atoms with Gasteiger partial charge in [0, 0.05) is 29.7 Å². The molecular formula is C27H45N3O2. The summed E-state index contributed by atoms with van der Waals surface area (Å²) in [6.07, 6.45) is 10.9. The number of nitrogens with one attached hydrogen (secondary N) is 1. The molecule has 1 aromatic carbocycles. The molecule has 0 amide bonds. The molecule has 1 aliphatic carbocycles. The lowest BCUT2D eigenvalue weighted by atomic mass is 9.71. The van der Waals surface area contributed by atoms with Crippen molar-refractivity contribution in [3.63, 3.8) is 0 Å². The molecule has 2 fully saturated rings. The number of hydrogen-bond donors (Lipinski definition) is 1. The highest BCUT2D eigenvalue weighted by molar-refractivity contribution is 5.62. The Balaban J connectivity index is 1.74. The molecule has 0 bridgehead atoms. The van der Waals surface area contributed by atoms with Crippen molar-refractivity contribution >= 4 is 11.4 Å². The lowest BCUT2D eigenvalue weighted by Gasteiger charge is -2.45. The number of nitro groups is 1. The molecule has 1 aromatic rings. The monoisotopic (exact) mass is 443 g/mol. The molecule has 5 nitrogen and oxygen atoms in total. The van der Waals surface area contributed by atoms with E-state index in [2.05, 4.69) is 51.8 Å². The van der Waals surface area contributed by atoms with Gasteiger partial charge in [0.1, 0.15) is 5.69 Å². The van der Waals surface area contributed by atoms with Gasteiger partial charge >= 0.3 is 0 Å². The number of nitrogens with zero attached hydrogens (tertiary/aromatic N) is 2. The van der Waals surface area contributed by atoms with Crippen LogP contribution in [0.2, 0.25) is 0 Å². The topological polar surface area (TPSA) is 58.4 Å². The maximum Gasteiger partial charge on any atom is 0.292 e. The number of likely N-dealkylation sites (tertiary alicyclic amines) is 1. The summed E-state index contributed by atoms with van der Waals surface area (Å²) in [4.78, 5) is 14.1. The normalized spacial score (nSPS) is 28.9. The molecule has 32 heavy (non-hydrogen) atoms. The lowest BCUT2D eigenvalue weighted by Crippen LogP contribution is -2.49. The van der Waals surface area contributed by atoms with E-state index in [-0.39, 0.29) is 16.1 Å². The van der Waals surface area contributed by atoms with Crippen LogP contribution in [-0.4, -0.2) is 33.5 Å². The van der Waals surface area contributed by atoms with Crippen molar-refractivity contribution < 1.29 is 4.92 Å². The van der Waals surface area contributed by atoms with Crippen LogP contribution < -0.4 is 5.32 Å². The number of hydrogen-bond acceptors (Lipinski definition) is 4. The van der Waals surface area contributed by atoms with Crippen LogP contribution in [-0.2, 0) is 0 Å². The van der Waals surface area contributed by atoms with Crippen LogP contribution >= 0.6 is 0 Å². The van der Waals surface area contributed by atoms with Crippen molar-refractivity contribution in [2.24, 2.45) is 11.3 Å². The summed E-state index contributed by atoms with van der Waals surface area (Å²) in [5, 5.41) is 15.2. The molecule has 1 saturated heterocycles. The van der Waals surface area contributed by atoms with E-state index in [9.17, 15) is 10.1 Å². The Kier molecular flexibility index (Phi) is 7.90. The molecule has 3 atom stereocenters. The summed E-state index contributed by atoms with van der Waals surface area (Å²) in [7, 11) is 0. The fourth-order valence-electron chi connectivity index (χ4n) is 6.55. The van der Waals surface area contributed by atoms with Gasteiger partial charge < -0.3 is 5.32 Å². The Labute approximate surface area is 195 Å². The Morgan fingerprint density at radius 2 is 1.72 bits per heavy atom. The first-order valence-electron chi connectivity index (χ1n) is 12.8. The summed E-state index contributed by atoms with van der Waals surface area (Å²) < 4.78 is 0. The third kappa shape index (κ3) is 5.84. The molecule has 0 radical (unpaired) electrons. The van der Waals surface area contributed by atoms with E-state index in [1.54, 1.807) is 12.1 Å². The van der Waals surface area contributed by atoms with Crippen LogP contribution in [0.1, 0.15) is 99.3 Å². The van der Waals surface area contributed by atoms with Crippen molar-refractivity contribution in [1.82, 2.24) is 4.90 Å². The second kappa shape index (κ2) is 10.1. The van der Waals surface area contributed by atoms with Gasteiger partial charge in [-0.1, -0.05) is 46.2 Å². The quantitative estimate of drug-likeness (QED) is 0.335. The van der Waals surface area contributed by atoms with Gasteiger partial charge in [-0.15, -0.1) is 0 Å². The number of nitro benzene ring substituents is 1. The molecular weight excluding hydrogens is 398 g/mol. The minimum atomic E-state index is -0.272. The van der Waals surface area contributed by atoms with Gasteiger partial charge in [-0.3, -0.25) is 15.0 Å². The van der Waals surface area contributed by atoms with Gasteiger partial charge in [0.25, 0.3) is 5.69 Å². The third-order valence-electron chi connectivity index (χ3n) is 8.22. The summed E-state index contributed by atoms with van der Waals surface area (Å²) >= 11 is 0. The predicted octanol–water partition coefficient (Wildman–Crippen LogP) is 7.41. The van der Waals surface area contributed by atoms with E-state index in [0.717, 1.165) is 25.2 Å². The zero-order valence-electron chi connectivity index (χ0n) is 21.2. The van der Waals surface area contributed by atoms with E-state index >= 15 is 0 Å². The average molecular weight is 444 g/mol. The second-order valence-electron chi connectivity index (χ2n) is 11.8. The van der Waals surface area contributed by atoms with Crippen LogP contribution in [0.25, 0.3) is 0 Å². The Hall–Kier alpha value is -1.62. The van der Waals surface area contributed by atoms with Gasteiger partial charge in [0.2, 0.25) is 0 Å². The SMILES string of the molecule is CCC[C@](C)(C[C@@H]1CC[C@H](C)N1[C@H]1CC[C@@H](C(C)(C)C)CC1)Nc1ccccc1[N+](=O)[O-]. The highest BCUT2D eigenvalue weighted by Crippen LogP contribution is 2.43. The summed E-state index contributed by atoms with van der Waals surface area (Å²) in [6.45, 7) is 14.1. The van der Waals surface area contributed by atoms with Crippen molar-refractivity contribution in [3.05, 3.63) is 34.4 Å². The van der Waals surface area contributed by atoms with E-state index in [4.69, 9.17) is 0 Å². The highest BCUT2D eigenvalue weighted by atomic mass is 16.6. The van der Waals surface area contributed by atoms with Crippen LogP contribution in [0.15, 0.2) is 24.3 Å². The number of benzene rings is 1. The second-order valence-corrected chi connectivity index (χ2v) is 11.8. The average Bonchev–Trinajstić information content (AvgIpc) is 3.07. The van der Waals surface area contributed by atoms with Crippen molar-refractivity contribution in [2.75, 3.05) is 5.32 Å². The zero-order chi connectivity index (χ0) is 23.5. The molecule has 1 saturated carbocycles. The summed E-state index contributed by atoms with van der Waals surface area (Å²) in [5.74, 6) is 0.834. The van der Waals surface area contributed by atoms with Crippen molar-refractivity contribution in [2.45, 2.75) is 123 Å². The predicted molar refractivity (Wildman–Crippen MR) is 134 cm³/mol. The van der Waals surface area contributed by atoms with Crippen LogP contribution in [0.5, 0.6) is 0 Å². The van der Waals surface area contributed by atoms with E-state index in [1.807, 2.05) is 12.1 Å². The van der Waals surface area contributed by atoms with Crippen molar-refractivity contribution in [1.29, 1.82) is 0 Å². The lowest BCUT2D eigenvalue weighted by molar-refractivity contribution is -0.384. The minimum Gasteiger partial charge on any atom is -0.374 e. The van der Waals surface area contributed by atoms with E-state index in [0.29, 0.717) is 29.2 Å². The van der Waals surface area contributed by atoms with Crippen LogP contribution in [0.4, 0.5) is 11.4 Å². The maximum atomic E-state index is 11.6. The summed E-state index contributed by atoms with van der Waals surface area (Å²) in [5.41, 5.74) is 1.08. The Morgan fingerprint density at radius 1 is 1.06 bits per heavy atom. The molecule has 1 aliphatic heterocycles. The molecule has 2 aliphatic rings. The smallest absolute Gasteiger partial charge is 0.292 e. The first-order valence-corrected chi connectivity index (χ1v) is 12.8. The largest absolute Gasteiger partial charge is 0.374 e. The van der Waals surface area contributed by atoms with Crippen LogP contribution in [0.3, 0.4) is 0 Å². The molecule has 1 heterocycles. The number of rotatable bonds is 8.